The Morgan fingerprint density at radius 2 is 1.88 bits per heavy atom. The van der Waals surface area contributed by atoms with E-state index in [2.05, 4.69) is 15.6 Å². The zero-order valence-corrected chi connectivity index (χ0v) is 18.9. The smallest absolute Gasteiger partial charge is 0.273 e. The van der Waals surface area contributed by atoms with Gasteiger partial charge in [0.25, 0.3) is 11.6 Å². The molecule has 0 aliphatic rings. The summed E-state index contributed by atoms with van der Waals surface area (Å²) in [6.07, 6.45) is 0. The van der Waals surface area contributed by atoms with Crippen molar-refractivity contribution in [3.63, 3.8) is 0 Å². The van der Waals surface area contributed by atoms with E-state index in [1.165, 1.54) is 25.1 Å². The van der Waals surface area contributed by atoms with Crippen LogP contribution in [-0.4, -0.2) is 20.9 Å². The summed E-state index contributed by atoms with van der Waals surface area (Å²) in [5.41, 5.74) is 5.19. The number of amides is 1. The average Bonchev–Trinajstić information content (AvgIpc) is 3.18. The molecule has 8 nitrogen and oxygen atoms in total. The highest BCUT2D eigenvalue weighted by Crippen LogP contribution is 2.28. The molecule has 9 heteroatoms. The zero-order valence-electron chi connectivity index (χ0n) is 18.1. The number of nitro groups is 1. The lowest BCUT2D eigenvalue weighted by atomic mass is 10.1. The fourth-order valence-corrected chi connectivity index (χ4v) is 3.64. The number of aromatic nitrogens is 1. The quantitative estimate of drug-likeness (QED) is 0.236. The summed E-state index contributed by atoms with van der Waals surface area (Å²) in [6, 6.07) is 15.8. The van der Waals surface area contributed by atoms with Gasteiger partial charge in [0.1, 0.15) is 5.52 Å². The number of carbonyl (C=O) groups excluding carboxylic acids is 1. The van der Waals surface area contributed by atoms with Crippen LogP contribution in [-0.2, 0) is 0 Å². The average molecular weight is 461 g/mol. The third-order valence-electron chi connectivity index (χ3n) is 5.25. The number of nitrogens with one attached hydrogen (secondary N) is 2. The fraction of sp³-hybridized carbons (Fsp3) is 0.125. The second kappa shape index (κ2) is 8.79. The molecule has 0 bridgehead atoms. The van der Waals surface area contributed by atoms with Crippen LogP contribution in [0.3, 0.4) is 0 Å². The van der Waals surface area contributed by atoms with Crippen LogP contribution in [0.4, 0.5) is 11.4 Å². The van der Waals surface area contributed by atoms with Crippen LogP contribution >= 0.6 is 12.2 Å². The molecule has 0 radical (unpaired) electrons. The maximum Gasteiger partial charge on any atom is 0.273 e. The number of oxazole rings is 1. The van der Waals surface area contributed by atoms with Gasteiger partial charge in [-0.05, 0) is 74.4 Å². The predicted molar refractivity (Wildman–Crippen MR) is 130 cm³/mol. The number of carbonyl (C=O) groups is 1. The lowest BCUT2D eigenvalue weighted by Gasteiger charge is -2.13. The van der Waals surface area contributed by atoms with Crippen molar-refractivity contribution in [1.82, 2.24) is 10.3 Å². The maximum atomic E-state index is 12.7. The number of nitro benzene ring substituents is 1. The summed E-state index contributed by atoms with van der Waals surface area (Å²) >= 11 is 5.31. The molecule has 1 heterocycles. The van der Waals surface area contributed by atoms with Crippen LogP contribution in [0.5, 0.6) is 0 Å². The molecule has 0 spiro atoms. The summed E-state index contributed by atoms with van der Waals surface area (Å²) in [7, 11) is 0. The lowest BCUT2D eigenvalue weighted by Crippen LogP contribution is -2.34. The second-order valence-electron chi connectivity index (χ2n) is 7.63. The van der Waals surface area contributed by atoms with Gasteiger partial charge in [-0.1, -0.05) is 18.2 Å². The molecule has 4 aromatic rings. The molecule has 4 rings (SSSR count). The van der Waals surface area contributed by atoms with E-state index in [0.29, 0.717) is 17.2 Å². The minimum Gasteiger partial charge on any atom is -0.436 e. The molecule has 166 valence electrons. The molecule has 0 aliphatic heterocycles. The molecule has 1 amide bonds. The van der Waals surface area contributed by atoms with Crippen molar-refractivity contribution >= 4 is 45.7 Å². The number of thiocarbonyl (C=S) groups is 1. The van der Waals surface area contributed by atoms with E-state index in [4.69, 9.17) is 16.6 Å². The first-order chi connectivity index (χ1) is 15.7. The van der Waals surface area contributed by atoms with E-state index in [0.717, 1.165) is 22.2 Å². The molecule has 0 fully saturated rings. The number of aryl methyl sites for hydroxylation is 2. The van der Waals surface area contributed by atoms with Crippen LogP contribution in [0.1, 0.15) is 27.0 Å². The first-order valence-corrected chi connectivity index (χ1v) is 10.5. The van der Waals surface area contributed by atoms with Crippen molar-refractivity contribution in [3.05, 3.63) is 87.0 Å². The van der Waals surface area contributed by atoms with Crippen LogP contribution in [0.15, 0.2) is 59.0 Å². The first-order valence-electron chi connectivity index (χ1n) is 10.1. The van der Waals surface area contributed by atoms with Crippen LogP contribution < -0.4 is 10.6 Å². The van der Waals surface area contributed by atoms with Gasteiger partial charge in [0, 0.05) is 28.4 Å². The number of hydrogen-bond donors (Lipinski definition) is 2. The third-order valence-corrected chi connectivity index (χ3v) is 5.45. The van der Waals surface area contributed by atoms with Crippen LogP contribution in [0, 0.1) is 30.9 Å². The van der Waals surface area contributed by atoms with Crippen molar-refractivity contribution in [2.45, 2.75) is 20.8 Å². The van der Waals surface area contributed by atoms with Gasteiger partial charge in [0.2, 0.25) is 5.89 Å². The Kier molecular flexibility index (Phi) is 5.89. The maximum absolute atomic E-state index is 12.7. The Morgan fingerprint density at radius 1 is 1.09 bits per heavy atom. The molecule has 0 aliphatic carbocycles. The molecule has 0 saturated heterocycles. The monoisotopic (exact) mass is 460 g/mol. The largest absolute Gasteiger partial charge is 0.436 e. The summed E-state index contributed by atoms with van der Waals surface area (Å²) in [5, 5.41) is 16.8. The minimum absolute atomic E-state index is 0.0688. The number of benzene rings is 3. The van der Waals surface area contributed by atoms with E-state index in [1.807, 2.05) is 50.2 Å². The van der Waals surface area contributed by atoms with Crippen molar-refractivity contribution in [3.8, 4) is 11.5 Å². The van der Waals surface area contributed by atoms with Gasteiger partial charge in [-0.25, -0.2) is 4.98 Å². The van der Waals surface area contributed by atoms with E-state index in [9.17, 15) is 14.9 Å². The number of nitrogens with zero attached hydrogens (tertiary/aromatic N) is 2. The molecular formula is C24H20N4O4S. The fourth-order valence-electron chi connectivity index (χ4n) is 3.44. The summed E-state index contributed by atoms with van der Waals surface area (Å²) in [4.78, 5) is 27.8. The van der Waals surface area contributed by atoms with Gasteiger partial charge in [-0.2, -0.15) is 0 Å². The zero-order chi connectivity index (χ0) is 23.7. The van der Waals surface area contributed by atoms with Gasteiger partial charge in [-0.3, -0.25) is 20.2 Å². The van der Waals surface area contributed by atoms with Crippen LogP contribution in [0.25, 0.3) is 22.6 Å². The van der Waals surface area contributed by atoms with Gasteiger partial charge < -0.3 is 9.73 Å². The number of fused-ring (bicyclic) bond motifs is 1. The molecule has 1 aromatic heterocycles. The molecular weight excluding hydrogens is 440 g/mol. The summed E-state index contributed by atoms with van der Waals surface area (Å²) < 4.78 is 5.90. The Labute approximate surface area is 194 Å². The van der Waals surface area contributed by atoms with Gasteiger partial charge >= 0.3 is 0 Å². The van der Waals surface area contributed by atoms with E-state index in [1.54, 1.807) is 0 Å². The van der Waals surface area contributed by atoms with E-state index in [-0.39, 0.29) is 21.9 Å². The standard InChI is InChI=1S/C24H20N4O4S/c1-13-7-10-18-21(11-13)32-23(25-18)16-9-8-14(2)19(12-16)26-24(33)27-22(29)17-5-4-6-20(15(17)3)28(30)31/h4-12H,1-3H3,(H2,26,27,29,33). The molecule has 33 heavy (non-hydrogen) atoms. The van der Waals surface area contributed by atoms with E-state index >= 15 is 0 Å². The number of rotatable bonds is 4. The van der Waals surface area contributed by atoms with Crippen molar-refractivity contribution in [2.24, 2.45) is 0 Å². The topological polar surface area (TPSA) is 110 Å². The first kappa shape index (κ1) is 22.1. The molecule has 2 N–H and O–H groups in total. The van der Waals surface area contributed by atoms with Crippen molar-refractivity contribution < 1.29 is 14.1 Å². The Balaban J connectivity index is 1.54. The highest BCUT2D eigenvalue weighted by molar-refractivity contribution is 7.80. The van der Waals surface area contributed by atoms with Crippen molar-refractivity contribution in [1.29, 1.82) is 0 Å². The van der Waals surface area contributed by atoms with Gasteiger partial charge in [0.15, 0.2) is 10.7 Å². The Morgan fingerprint density at radius 3 is 2.64 bits per heavy atom. The predicted octanol–water partition coefficient (Wildman–Crippen LogP) is 5.46. The van der Waals surface area contributed by atoms with Crippen LogP contribution in [0.2, 0.25) is 0 Å². The SMILES string of the molecule is Cc1ccc2nc(-c3ccc(C)c(NC(=S)NC(=O)c4cccc([N+](=O)[O-])c4C)c3)oc2c1. The molecule has 3 aromatic carbocycles. The highest BCUT2D eigenvalue weighted by atomic mass is 32.1. The molecule has 0 unspecified atom stereocenters. The number of hydrogen-bond acceptors (Lipinski definition) is 6. The Hall–Kier alpha value is -4.11. The number of anilines is 1. The van der Waals surface area contributed by atoms with Crippen molar-refractivity contribution in [2.75, 3.05) is 5.32 Å². The van der Waals surface area contributed by atoms with Gasteiger partial charge in [-0.15, -0.1) is 0 Å². The third kappa shape index (κ3) is 4.58. The summed E-state index contributed by atoms with van der Waals surface area (Å²) in [6.45, 7) is 5.41. The summed E-state index contributed by atoms with van der Waals surface area (Å²) in [5.74, 6) is -0.0577. The minimum atomic E-state index is -0.531. The second-order valence-corrected chi connectivity index (χ2v) is 8.04. The van der Waals surface area contributed by atoms with E-state index < -0.39 is 10.8 Å². The normalized spacial score (nSPS) is 10.8. The van der Waals surface area contributed by atoms with Gasteiger partial charge in [0.05, 0.1) is 4.92 Å². The highest BCUT2D eigenvalue weighted by Gasteiger charge is 2.19. The molecule has 0 atom stereocenters. The lowest BCUT2D eigenvalue weighted by molar-refractivity contribution is -0.385. The molecule has 0 saturated carbocycles. The Bertz CT molecular complexity index is 1430.